The Labute approximate surface area is 145 Å². The summed E-state index contributed by atoms with van der Waals surface area (Å²) >= 11 is 0. The molecule has 1 aromatic carbocycles. The van der Waals surface area contributed by atoms with Crippen molar-refractivity contribution in [3.05, 3.63) is 35.4 Å². The maximum absolute atomic E-state index is 11.9. The Kier molecular flexibility index (Phi) is 7.59. The van der Waals surface area contributed by atoms with Crippen LogP contribution in [0.5, 0.6) is 0 Å². The van der Waals surface area contributed by atoms with Gasteiger partial charge in [-0.3, -0.25) is 9.79 Å². The van der Waals surface area contributed by atoms with Gasteiger partial charge in [-0.2, -0.15) is 0 Å². The highest BCUT2D eigenvalue weighted by Crippen LogP contribution is 2.17. The summed E-state index contributed by atoms with van der Waals surface area (Å²) < 4.78 is 0. The molecule has 1 fully saturated rings. The van der Waals surface area contributed by atoms with Crippen LogP contribution in [0, 0.1) is 0 Å². The van der Waals surface area contributed by atoms with Crippen LogP contribution in [0.15, 0.2) is 29.3 Å². The van der Waals surface area contributed by atoms with Gasteiger partial charge in [-0.1, -0.05) is 44.0 Å². The Morgan fingerprint density at radius 2 is 2.00 bits per heavy atom. The van der Waals surface area contributed by atoms with E-state index < -0.39 is 0 Å². The molecule has 1 aliphatic heterocycles. The number of hydrogen-bond acceptors (Lipinski definition) is 2. The van der Waals surface area contributed by atoms with E-state index in [9.17, 15) is 4.79 Å². The average Bonchev–Trinajstić information content (AvgIpc) is 3.00. The molecule has 0 saturated carbocycles. The Morgan fingerprint density at radius 3 is 2.67 bits per heavy atom. The van der Waals surface area contributed by atoms with Crippen LogP contribution >= 0.6 is 0 Å². The van der Waals surface area contributed by atoms with Crippen molar-refractivity contribution in [1.29, 1.82) is 0 Å². The lowest BCUT2D eigenvalue weighted by molar-refractivity contribution is -0.128. The highest BCUT2D eigenvalue weighted by molar-refractivity contribution is 5.79. The van der Waals surface area contributed by atoms with Crippen LogP contribution in [0.1, 0.15) is 50.2 Å². The van der Waals surface area contributed by atoms with E-state index >= 15 is 0 Å². The number of aliphatic imine (C=N–C) groups is 1. The van der Waals surface area contributed by atoms with Crippen LogP contribution in [0.3, 0.4) is 0 Å². The summed E-state index contributed by atoms with van der Waals surface area (Å²) in [6, 6.07) is 8.31. The lowest BCUT2D eigenvalue weighted by atomic mass is 10.1. The molecule has 1 saturated heterocycles. The third-order valence-electron chi connectivity index (χ3n) is 4.39. The SMILES string of the molecule is CCCCCNC(=NC)NCc1ccccc1CN1CCCC1=O. The van der Waals surface area contributed by atoms with Crippen molar-refractivity contribution in [2.45, 2.75) is 52.1 Å². The molecule has 24 heavy (non-hydrogen) atoms. The van der Waals surface area contributed by atoms with Crippen LogP contribution in [0.25, 0.3) is 0 Å². The van der Waals surface area contributed by atoms with Crippen molar-refractivity contribution in [3.8, 4) is 0 Å². The maximum atomic E-state index is 11.9. The van der Waals surface area contributed by atoms with Crippen molar-refractivity contribution < 1.29 is 4.79 Å². The van der Waals surface area contributed by atoms with Gasteiger partial charge in [0.1, 0.15) is 0 Å². The molecule has 5 nitrogen and oxygen atoms in total. The molecule has 0 radical (unpaired) electrons. The molecule has 1 aliphatic rings. The Bertz CT molecular complexity index is 556. The zero-order valence-corrected chi connectivity index (χ0v) is 15.0. The fraction of sp³-hybridized carbons (Fsp3) is 0.579. The van der Waals surface area contributed by atoms with Crippen LogP contribution in [0.4, 0.5) is 0 Å². The first kappa shape index (κ1) is 18.3. The summed E-state index contributed by atoms with van der Waals surface area (Å²) in [5.41, 5.74) is 2.43. The van der Waals surface area contributed by atoms with E-state index in [4.69, 9.17) is 0 Å². The van der Waals surface area contributed by atoms with Crippen LogP contribution < -0.4 is 10.6 Å². The van der Waals surface area contributed by atoms with Crippen molar-refractivity contribution >= 4 is 11.9 Å². The first-order valence-electron chi connectivity index (χ1n) is 9.03. The lowest BCUT2D eigenvalue weighted by Gasteiger charge is -2.19. The first-order valence-corrected chi connectivity index (χ1v) is 9.03. The largest absolute Gasteiger partial charge is 0.356 e. The fourth-order valence-electron chi connectivity index (χ4n) is 2.94. The molecule has 0 unspecified atom stereocenters. The molecule has 1 aromatic rings. The fourth-order valence-corrected chi connectivity index (χ4v) is 2.94. The predicted molar refractivity (Wildman–Crippen MR) is 98.8 cm³/mol. The van der Waals surface area contributed by atoms with Gasteiger partial charge in [0.2, 0.25) is 5.91 Å². The van der Waals surface area contributed by atoms with Crippen LogP contribution in [-0.4, -0.2) is 36.9 Å². The highest BCUT2D eigenvalue weighted by Gasteiger charge is 2.20. The molecule has 2 rings (SSSR count). The van der Waals surface area contributed by atoms with Crippen molar-refractivity contribution in [3.63, 3.8) is 0 Å². The van der Waals surface area contributed by atoms with E-state index in [1.54, 1.807) is 7.05 Å². The molecule has 0 bridgehead atoms. The maximum Gasteiger partial charge on any atom is 0.222 e. The van der Waals surface area contributed by atoms with E-state index in [1.807, 2.05) is 17.0 Å². The molecule has 0 atom stereocenters. The molecule has 1 heterocycles. The number of rotatable bonds is 8. The Hall–Kier alpha value is -2.04. The van der Waals surface area contributed by atoms with Crippen molar-refractivity contribution in [1.82, 2.24) is 15.5 Å². The van der Waals surface area contributed by atoms with Gasteiger partial charge in [-0.05, 0) is 24.0 Å². The summed E-state index contributed by atoms with van der Waals surface area (Å²) in [5.74, 6) is 1.10. The molecule has 1 amide bonds. The molecular weight excluding hydrogens is 300 g/mol. The van der Waals surface area contributed by atoms with E-state index in [2.05, 4.69) is 34.7 Å². The molecular formula is C19H30N4O. The second-order valence-electron chi connectivity index (χ2n) is 6.25. The minimum atomic E-state index is 0.270. The van der Waals surface area contributed by atoms with Gasteiger partial charge in [-0.25, -0.2) is 0 Å². The van der Waals surface area contributed by atoms with E-state index in [1.165, 1.54) is 24.0 Å². The zero-order chi connectivity index (χ0) is 17.2. The third kappa shape index (κ3) is 5.55. The zero-order valence-electron chi connectivity index (χ0n) is 15.0. The van der Waals surface area contributed by atoms with E-state index in [0.717, 1.165) is 31.9 Å². The number of nitrogens with zero attached hydrogens (tertiary/aromatic N) is 2. The van der Waals surface area contributed by atoms with Gasteiger partial charge in [-0.15, -0.1) is 0 Å². The standard InChI is InChI=1S/C19H30N4O/c1-3-4-7-12-21-19(20-2)22-14-16-9-5-6-10-17(16)15-23-13-8-11-18(23)24/h5-6,9-10H,3-4,7-8,11-15H2,1-2H3,(H2,20,21,22). The van der Waals surface area contributed by atoms with Gasteiger partial charge in [0, 0.05) is 39.6 Å². The van der Waals surface area contributed by atoms with Crippen molar-refractivity contribution in [2.75, 3.05) is 20.1 Å². The second kappa shape index (κ2) is 9.96. The molecule has 0 aromatic heterocycles. The minimum absolute atomic E-state index is 0.270. The Balaban J connectivity index is 1.88. The molecule has 0 aliphatic carbocycles. The second-order valence-corrected chi connectivity index (χ2v) is 6.25. The van der Waals surface area contributed by atoms with Crippen LogP contribution in [-0.2, 0) is 17.9 Å². The monoisotopic (exact) mass is 330 g/mol. The molecule has 0 spiro atoms. The number of likely N-dealkylation sites (tertiary alicyclic amines) is 1. The topological polar surface area (TPSA) is 56.7 Å². The number of hydrogen-bond donors (Lipinski definition) is 2. The first-order chi connectivity index (χ1) is 11.7. The molecule has 5 heteroatoms. The summed E-state index contributed by atoms with van der Waals surface area (Å²) in [6.45, 7) is 5.44. The number of nitrogens with one attached hydrogen (secondary N) is 2. The van der Waals surface area contributed by atoms with E-state index in [-0.39, 0.29) is 5.91 Å². The van der Waals surface area contributed by atoms with Gasteiger partial charge in [0.05, 0.1) is 0 Å². The number of guanidine groups is 1. The molecule has 2 N–H and O–H groups in total. The van der Waals surface area contributed by atoms with Crippen molar-refractivity contribution in [2.24, 2.45) is 4.99 Å². The smallest absolute Gasteiger partial charge is 0.222 e. The normalized spacial score (nSPS) is 15.0. The number of carbonyl (C=O) groups is 1. The number of unbranched alkanes of at least 4 members (excludes halogenated alkanes) is 2. The number of carbonyl (C=O) groups excluding carboxylic acids is 1. The quantitative estimate of drug-likeness (QED) is 0.438. The summed E-state index contributed by atoms with van der Waals surface area (Å²) in [6.07, 6.45) is 5.28. The van der Waals surface area contributed by atoms with Crippen LogP contribution in [0.2, 0.25) is 0 Å². The third-order valence-corrected chi connectivity index (χ3v) is 4.39. The Morgan fingerprint density at radius 1 is 1.21 bits per heavy atom. The summed E-state index contributed by atoms with van der Waals surface area (Å²) in [5, 5.41) is 6.72. The van der Waals surface area contributed by atoms with E-state index in [0.29, 0.717) is 19.5 Å². The van der Waals surface area contributed by atoms with Gasteiger partial charge in [0.25, 0.3) is 0 Å². The number of amides is 1. The molecule has 132 valence electrons. The predicted octanol–water partition coefficient (Wildman–Crippen LogP) is 2.66. The average molecular weight is 330 g/mol. The summed E-state index contributed by atoms with van der Waals surface area (Å²) in [7, 11) is 1.80. The highest BCUT2D eigenvalue weighted by atomic mass is 16.2. The summed E-state index contributed by atoms with van der Waals surface area (Å²) in [4.78, 5) is 18.1. The lowest BCUT2D eigenvalue weighted by Crippen LogP contribution is -2.37. The van der Waals surface area contributed by atoms with Gasteiger partial charge in [0.15, 0.2) is 5.96 Å². The van der Waals surface area contributed by atoms with Gasteiger partial charge < -0.3 is 15.5 Å². The number of benzene rings is 1. The van der Waals surface area contributed by atoms with Gasteiger partial charge >= 0.3 is 0 Å². The minimum Gasteiger partial charge on any atom is -0.356 e.